The number of nitrogens with one attached hydrogen (secondary N) is 1. The zero-order chi connectivity index (χ0) is 12.9. The van der Waals surface area contributed by atoms with Crippen molar-refractivity contribution in [3.05, 3.63) is 0 Å². The van der Waals surface area contributed by atoms with Gasteiger partial charge < -0.3 is 5.32 Å². The molecular formula is C16H33N. The van der Waals surface area contributed by atoms with Crippen LogP contribution in [0.5, 0.6) is 0 Å². The number of hydrogen-bond donors (Lipinski definition) is 1. The Morgan fingerprint density at radius 2 is 1.71 bits per heavy atom. The van der Waals surface area contributed by atoms with Gasteiger partial charge in [0.25, 0.3) is 0 Å². The van der Waals surface area contributed by atoms with E-state index in [0.717, 1.165) is 18.4 Å². The first-order valence-electron chi connectivity index (χ1n) is 7.73. The Morgan fingerprint density at radius 1 is 1.12 bits per heavy atom. The lowest BCUT2D eigenvalue weighted by Crippen LogP contribution is -2.36. The molecule has 1 nitrogen and oxygen atoms in total. The Balaban J connectivity index is 2.42. The van der Waals surface area contributed by atoms with Crippen LogP contribution in [0, 0.1) is 17.3 Å². The van der Waals surface area contributed by atoms with Gasteiger partial charge in [-0.2, -0.15) is 0 Å². The predicted molar refractivity (Wildman–Crippen MR) is 77.3 cm³/mol. The molecule has 1 unspecified atom stereocenters. The molecule has 0 aromatic carbocycles. The third-order valence-corrected chi connectivity index (χ3v) is 4.91. The summed E-state index contributed by atoms with van der Waals surface area (Å²) in [4.78, 5) is 0. The minimum atomic E-state index is 0.514. The maximum absolute atomic E-state index is 3.56. The first-order valence-corrected chi connectivity index (χ1v) is 7.73. The fourth-order valence-corrected chi connectivity index (χ4v) is 3.73. The smallest absolute Gasteiger partial charge is 0.00437 e. The molecule has 1 saturated carbocycles. The van der Waals surface area contributed by atoms with Crippen LogP contribution < -0.4 is 5.32 Å². The van der Waals surface area contributed by atoms with Crippen molar-refractivity contribution in [3.8, 4) is 0 Å². The van der Waals surface area contributed by atoms with Crippen molar-refractivity contribution in [2.45, 2.75) is 79.2 Å². The molecule has 0 bridgehead atoms. The molecule has 1 aliphatic carbocycles. The fourth-order valence-electron chi connectivity index (χ4n) is 3.73. The van der Waals surface area contributed by atoms with E-state index >= 15 is 0 Å². The van der Waals surface area contributed by atoms with E-state index in [1.165, 1.54) is 38.5 Å². The van der Waals surface area contributed by atoms with Gasteiger partial charge in [0.15, 0.2) is 0 Å². The minimum absolute atomic E-state index is 0.514. The second kappa shape index (κ2) is 6.78. The van der Waals surface area contributed by atoms with E-state index in [4.69, 9.17) is 0 Å². The maximum Gasteiger partial charge on any atom is 0.00437 e. The summed E-state index contributed by atoms with van der Waals surface area (Å²) in [7, 11) is 0. The highest BCUT2D eigenvalue weighted by atomic mass is 14.9. The van der Waals surface area contributed by atoms with Gasteiger partial charge in [-0.25, -0.2) is 0 Å². The van der Waals surface area contributed by atoms with E-state index in [1.54, 1.807) is 0 Å². The molecule has 1 N–H and O–H groups in total. The van der Waals surface area contributed by atoms with Crippen LogP contribution in [0.25, 0.3) is 0 Å². The third-order valence-electron chi connectivity index (χ3n) is 4.91. The lowest BCUT2D eigenvalue weighted by atomic mass is 9.66. The molecule has 17 heavy (non-hydrogen) atoms. The van der Waals surface area contributed by atoms with Gasteiger partial charge in [0.1, 0.15) is 0 Å². The largest absolute Gasteiger partial charge is 0.315 e. The van der Waals surface area contributed by atoms with Crippen LogP contribution in [0.3, 0.4) is 0 Å². The molecule has 0 aromatic rings. The van der Waals surface area contributed by atoms with E-state index in [9.17, 15) is 0 Å². The fraction of sp³-hybridized carbons (Fsp3) is 1.00. The summed E-state index contributed by atoms with van der Waals surface area (Å²) in [5.41, 5.74) is 0.514. The SMILES string of the molecule is CCNC(C)CC(C)(C)C1CCC(CC)CC1. The first-order chi connectivity index (χ1) is 7.99. The minimum Gasteiger partial charge on any atom is -0.315 e. The average Bonchev–Trinajstić information content (AvgIpc) is 2.28. The van der Waals surface area contributed by atoms with Crippen LogP contribution in [0.4, 0.5) is 0 Å². The lowest BCUT2D eigenvalue weighted by Gasteiger charge is -2.40. The molecule has 0 aliphatic heterocycles. The summed E-state index contributed by atoms with van der Waals surface area (Å²) >= 11 is 0. The van der Waals surface area contributed by atoms with Gasteiger partial charge in [0, 0.05) is 6.04 Å². The molecule has 0 saturated heterocycles. The quantitative estimate of drug-likeness (QED) is 0.713. The summed E-state index contributed by atoms with van der Waals surface area (Å²) in [6.07, 6.45) is 8.58. The van der Waals surface area contributed by atoms with Gasteiger partial charge in [-0.15, -0.1) is 0 Å². The van der Waals surface area contributed by atoms with E-state index in [-0.39, 0.29) is 0 Å². The molecule has 0 heterocycles. The second-order valence-corrected chi connectivity index (χ2v) is 6.78. The Hall–Kier alpha value is -0.0400. The normalized spacial score (nSPS) is 28.1. The lowest BCUT2D eigenvalue weighted by molar-refractivity contribution is 0.112. The molecule has 0 aromatic heterocycles. The van der Waals surface area contributed by atoms with Gasteiger partial charge in [0.05, 0.1) is 0 Å². The molecule has 0 spiro atoms. The summed E-state index contributed by atoms with van der Waals surface area (Å²) in [6, 6.07) is 0.666. The van der Waals surface area contributed by atoms with Gasteiger partial charge in [-0.1, -0.05) is 47.0 Å². The highest BCUT2D eigenvalue weighted by Crippen LogP contribution is 2.43. The van der Waals surface area contributed by atoms with Gasteiger partial charge in [-0.05, 0) is 50.0 Å². The van der Waals surface area contributed by atoms with Crippen molar-refractivity contribution < 1.29 is 0 Å². The Kier molecular flexibility index (Phi) is 5.99. The van der Waals surface area contributed by atoms with Crippen LogP contribution in [0.2, 0.25) is 0 Å². The molecule has 1 aliphatic rings. The van der Waals surface area contributed by atoms with Gasteiger partial charge in [0.2, 0.25) is 0 Å². The van der Waals surface area contributed by atoms with E-state index in [0.29, 0.717) is 11.5 Å². The van der Waals surface area contributed by atoms with Crippen LogP contribution in [0.15, 0.2) is 0 Å². The van der Waals surface area contributed by atoms with Crippen molar-refractivity contribution in [3.63, 3.8) is 0 Å². The molecular weight excluding hydrogens is 206 g/mol. The van der Waals surface area contributed by atoms with Crippen LogP contribution in [-0.4, -0.2) is 12.6 Å². The summed E-state index contributed by atoms with van der Waals surface area (Å²) in [5, 5.41) is 3.56. The van der Waals surface area contributed by atoms with Crippen molar-refractivity contribution in [1.82, 2.24) is 5.32 Å². The number of hydrogen-bond acceptors (Lipinski definition) is 1. The Labute approximate surface area is 109 Å². The molecule has 1 rings (SSSR count). The third kappa shape index (κ3) is 4.62. The number of rotatable bonds is 6. The van der Waals surface area contributed by atoms with E-state index in [1.807, 2.05) is 0 Å². The Morgan fingerprint density at radius 3 is 2.18 bits per heavy atom. The standard InChI is InChI=1S/C16H33N/c1-6-14-8-10-15(11-9-14)16(4,5)12-13(3)17-7-2/h13-15,17H,6-12H2,1-5H3. The molecule has 1 heteroatoms. The highest BCUT2D eigenvalue weighted by molar-refractivity contribution is 4.85. The molecule has 0 radical (unpaired) electrons. The maximum atomic E-state index is 3.56. The summed E-state index contributed by atoms with van der Waals surface area (Å²) in [5.74, 6) is 1.97. The van der Waals surface area contributed by atoms with Crippen molar-refractivity contribution in [2.75, 3.05) is 6.54 Å². The highest BCUT2D eigenvalue weighted by Gasteiger charge is 2.33. The first kappa shape index (κ1) is 15.0. The molecule has 1 atom stereocenters. The van der Waals surface area contributed by atoms with Gasteiger partial charge >= 0.3 is 0 Å². The Bertz CT molecular complexity index is 202. The molecule has 0 amide bonds. The van der Waals surface area contributed by atoms with E-state index in [2.05, 4.69) is 39.9 Å². The topological polar surface area (TPSA) is 12.0 Å². The van der Waals surface area contributed by atoms with Crippen molar-refractivity contribution >= 4 is 0 Å². The van der Waals surface area contributed by atoms with Crippen molar-refractivity contribution in [2.24, 2.45) is 17.3 Å². The second-order valence-electron chi connectivity index (χ2n) is 6.78. The van der Waals surface area contributed by atoms with Gasteiger partial charge in [-0.3, -0.25) is 0 Å². The summed E-state index contributed by atoms with van der Waals surface area (Å²) < 4.78 is 0. The molecule has 102 valence electrons. The van der Waals surface area contributed by atoms with Crippen LogP contribution in [0.1, 0.15) is 73.1 Å². The summed E-state index contributed by atoms with van der Waals surface area (Å²) in [6.45, 7) is 13.0. The van der Waals surface area contributed by atoms with Crippen LogP contribution >= 0.6 is 0 Å². The average molecular weight is 239 g/mol. The monoisotopic (exact) mass is 239 g/mol. The zero-order valence-corrected chi connectivity index (χ0v) is 12.7. The van der Waals surface area contributed by atoms with Crippen LogP contribution in [-0.2, 0) is 0 Å². The van der Waals surface area contributed by atoms with Crippen molar-refractivity contribution in [1.29, 1.82) is 0 Å². The molecule has 1 fully saturated rings. The zero-order valence-electron chi connectivity index (χ0n) is 12.7. The van der Waals surface area contributed by atoms with E-state index < -0.39 is 0 Å². The predicted octanol–water partition coefficient (Wildman–Crippen LogP) is 4.62.